The quantitative estimate of drug-likeness (QED) is 0.453. The number of nitrogens with zero attached hydrogens (tertiary/aromatic N) is 5. The van der Waals surface area contributed by atoms with E-state index in [1.54, 1.807) is 6.07 Å². The van der Waals surface area contributed by atoms with Crippen LogP contribution >= 0.6 is 0 Å². The molecule has 0 aliphatic carbocycles. The summed E-state index contributed by atoms with van der Waals surface area (Å²) in [4.78, 5) is 29.8. The summed E-state index contributed by atoms with van der Waals surface area (Å²) in [6, 6.07) is 4.24. The standard InChI is InChI=1S/C22H33N5O5S/c28-22(25-9-3-1-4-10-25)18-23-13-15-24(16-14-23)20-8-7-19(17-21(20)27(29)30)33(31,32)26-11-5-2-6-12-26/h7-8,17H,1-6,9-16,18H2. The Bertz CT molecular complexity index is 965. The number of anilines is 1. The molecule has 0 saturated carbocycles. The summed E-state index contributed by atoms with van der Waals surface area (Å²) in [5, 5.41) is 11.8. The Labute approximate surface area is 195 Å². The molecule has 1 amide bonds. The second-order valence-electron chi connectivity index (χ2n) is 9.08. The first-order valence-electron chi connectivity index (χ1n) is 11.9. The van der Waals surface area contributed by atoms with Gasteiger partial charge in [0.2, 0.25) is 15.9 Å². The number of sulfonamides is 1. The molecule has 3 fully saturated rings. The summed E-state index contributed by atoms with van der Waals surface area (Å²) in [5.74, 6) is 0.154. The van der Waals surface area contributed by atoms with Crippen molar-refractivity contribution in [3.05, 3.63) is 28.3 Å². The number of carbonyl (C=O) groups excluding carboxylic acids is 1. The molecule has 1 aromatic rings. The maximum Gasteiger partial charge on any atom is 0.293 e. The molecule has 11 heteroatoms. The number of likely N-dealkylation sites (tertiary alicyclic amines) is 1. The predicted molar refractivity (Wildman–Crippen MR) is 125 cm³/mol. The van der Waals surface area contributed by atoms with E-state index in [2.05, 4.69) is 4.90 Å². The number of nitro benzene ring substituents is 1. The fourth-order valence-corrected chi connectivity index (χ4v) is 6.45. The molecule has 0 radical (unpaired) electrons. The highest BCUT2D eigenvalue weighted by Crippen LogP contribution is 2.33. The van der Waals surface area contributed by atoms with Crippen LogP contribution in [-0.2, 0) is 14.8 Å². The fraction of sp³-hybridized carbons (Fsp3) is 0.682. The molecule has 0 atom stereocenters. The topological polar surface area (TPSA) is 107 Å². The lowest BCUT2D eigenvalue weighted by Gasteiger charge is -2.37. The average molecular weight is 480 g/mol. The smallest absolute Gasteiger partial charge is 0.293 e. The van der Waals surface area contributed by atoms with Crippen LogP contribution in [0.15, 0.2) is 23.1 Å². The molecule has 3 saturated heterocycles. The van der Waals surface area contributed by atoms with Crippen molar-refractivity contribution in [1.82, 2.24) is 14.1 Å². The van der Waals surface area contributed by atoms with Crippen LogP contribution in [0.25, 0.3) is 0 Å². The first-order chi connectivity index (χ1) is 15.9. The minimum absolute atomic E-state index is 0.0226. The largest absolute Gasteiger partial charge is 0.363 e. The van der Waals surface area contributed by atoms with E-state index < -0.39 is 14.9 Å². The molecule has 3 aliphatic rings. The van der Waals surface area contributed by atoms with E-state index in [-0.39, 0.29) is 16.5 Å². The Morgan fingerprint density at radius 2 is 1.48 bits per heavy atom. The number of hydrogen-bond acceptors (Lipinski definition) is 7. The van der Waals surface area contributed by atoms with Gasteiger partial charge in [0, 0.05) is 58.4 Å². The van der Waals surface area contributed by atoms with Gasteiger partial charge in [0.1, 0.15) is 5.69 Å². The lowest BCUT2D eigenvalue weighted by Crippen LogP contribution is -2.50. The van der Waals surface area contributed by atoms with Crippen LogP contribution in [-0.4, -0.2) is 92.3 Å². The van der Waals surface area contributed by atoms with Gasteiger partial charge >= 0.3 is 0 Å². The lowest BCUT2D eigenvalue weighted by molar-refractivity contribution is -0.384. The summed E-state index contributed by atoms with van der Waals surface area (Å²) < 4.78 is 27.4. The first kappa shape index (κ1) is 23.9. The van der Waals surface area contributed by atoms with Gasteiger partial charge in [-0.1, -0.05) is 6.42 Å². The summed E-state index contributed by atoms with van der Waals surface area (Å²) in [7, 11) is -3.74. The molecule has 0 spiro atoms. The van der Waals surface area contributed by atoms with Crippen LogP contribution in [0.5, 0.6) is 0 Å². The minimum atomic E-state index is -3.74. The molecule has 33 heavy (non-hydrogen) atoms. The van der Waals surface area contributed by atoms with Crippen molar-refractivity contribution < 1.29 is 18.1 Å². The van der Waals surface area contributed by atoms with Gasteiger partial charge in [0.15, 0.2) is 0 Å². The number of piperazine rings is 1. The molecular weight excluding hydrogens is 446 g/mol. The Morgan fingerprint density at radius 1 is 0.879 bits per heavy atom. The number of rotatable bonds is 6. The van der Waals surface area contributed by atoms with E-state index in [0.717, 1.165) is 45.2 Å². The minimum Gasteiger partial charge on any atom is -0.363 e. The normalized spacial score (nSPS) is 21.2. The molecule has 0 N–H and O–H groups in total. The summed E-state index contributed by atoms with van der Waals surface area (Å²) in [6.45, 7) is 5.30. The van der Waals surface area contributed by atoms with E-state index >= 15 is 0 Å². The monoisotopic (exact) mass is 479 g/mol. The Hall–Kier alpha value is -2.24. The predicted octanol–water partition coefficient (Wildman–Crippen LogP) is 1.90. The van der Waals surface area contributed by atoms with Crippen LogP contribution in [0.1, 0.15) is 38.5 Å². The second-order valence-corrected chi connectivity index (χ2v) is 11.0. The third kappa shape index (κ3) is 5.47. The number of amides is 1. The van der Waals surface area contributed by atoms with Crippen LogP contribution < -0.4 is 4.90 Å². The average Bonchev–Trinajstić information content (AvgIpc) is 2.85. The Balaban J connectivity index is 1.42. The third-order valence-electron chi connectivity index (χ3n) is 6.88. The van der Waals surface area contributed by atoms with Gasteiger partial charge < -0.3 is 9.80 Å². The second kappa shape index (κ2) is 10.4. The van der Waals surface area contributed by atoms with Gasteiger partial charge in [-0.25, -0.2) is 8.42 Å². The molecule has 0 bridgehead atoms. The van der Waals surface area contributed by atoms with Gasteiger partial charge in [-0.05, 0) is 44.2 Å². The van der Waals surface area contributed by atoms with Crippen LogP contribution in [0.4, 0.5) is 11.4 Å². The van der Waals surface area contributed by atoms with E-state index in [9.17, 15) is 23.3 Å². The maximum atomic E-state index is 13.0. The zero-order valence-electron chi connectivity index (χ0n) is 19.0. The number of benzene rings is 1. The summed E-state index contributed by atoms with van der Waals surface area (Å²) >= 11 is 0. The van der Waals surface area contributed by atoms with Crippen LogP contribution in [0.2, 0.25) is 0 Å². The van der Waals surface area contributed by atoms with Crippen molar-refractivity contribution in [2.45, 2.75) is 43.4 Å². The van der Waals surface area contributed by atoms with E-state index in [1.165, 1.54) is 22.9 Å². The molecule has 0 unspecified atom stereocenters. The van der Waals surface area contributed by atoms with Gasteiger partial charge in [0.25, 0.3) is 5.69 Å². The number of hydrogen-bond donors (Lipinski definition) is 0. The Kier molecular flexibility index (Phi) is 7.50. The van der Waals surface area contributed by atoms with Gasteiger partial charge in [-0.15, -0.1) is 0 Å². The van der Waals surface area contributed by atoms with Crippen molar-refractivity contribution >= 4 is 27.3 Å². The fourth-order valence-electron chi connectivity index (χ4n) is 4.91. The van der Waals surface area contributed by atoms with Crippen molar-refractivity contribution in [2.75, 3.05) is 63.8 Å². The van der Waals surface area contributed by atoms with Crippen molar-refractivity contribution in [3.8, 4) is 0 Å². The molecule has 3 aliphatic heterocycles. The van der Waals surface area contributed by atoms with Crippen LogP contribution in [0.3, 0.4) is 0 Å². The SMILES string of the molecule is O=C(CN1CCN(c2ccc(S(=O)(=O)N3CCCCC3)cc2[N+](=O)[O-])CC1)N1CCCCC1. The van der Waals surface area contributed by atoms with Gasteiger partial charge in [-0.2, -0.15) is 4.31 Å². The van der Waals surface area contributed by atoms with E-state index in [4.69, 9.17) is 0 Å². The highest BCUT2D eigenvalue weighted by molar-refractivity contribution is 7.89. The number of piperidine rings is 2. The molecule has 3 heterocycles. The molecule has 10 nitrogen and oxygen atoms in total. The summed E-state index contributed by atoms with van der Waals surface area (Å²) in [5.41, 5.74) is 0.241. The van der Waals surface area contributed by atoms with E-state index in [0.29, 0.717) is 51.5 Å². The zero-order valence-corrected chi connectivity index (χ0v) is 19.8. The van der Waals surface area contributed by atoms with Crippen molar-refractivity contribution in [3.63, 3.8) is 0 Å². The number of carbonyl (C=O) groups is 1. The zero-order chi connectivity index (χ0) is 23.4. The number of nitro groups is 1. The van der Waals surface area contributed by atoms with Crippen molar-refractivity contribution in [1.29, 1.82) is 0 Å². The first-order valence-corrected chi connectivity index (χ1v) is 13.3. The van der Waals surface area contributed by atoms with Gasteiger partial charge in [0.05, 0.1) is 16.4 Å². The van der Waals surface area contributed by atoms with Gasteiger partial charge in [-0.3, -0.25) is 19.8 Å². The molecule has 0 aromatic heterocycles. The van der Waals surface area contributed by atoms with Crippen molar-refractivity contribution in [2.24, 2.45) is 0 Å². The highest BCUT2D eigenvalue weighted by Gasteiger charge is 2.31. The summed E-state index contributed by atoms with van der Waals surface area (Å²) in [6.07, 6.45) is 5.92. The maximum absolute atomic E-state index is 13.0. The molecule has 182 valence electrons. The van der Waals surface area contributed by atoms with E-state index in [1.807, 2.05) is 9.80 Å². The Morgan fingerprint density at radius 3 is 2.09 bits per heavy atom. The van der Waals surface area contributed by atoms with Crippen LogP contribution in [0, 0.1) is 10.1 Å². The third-order valence-corrected chi connectivity index (χ3v) is 8.77. The molecular formula is C22H33N5O5S. The molecule has 4 rings (SSSR count). The molecule has 1 aromatic carbocycles. The highest BCUT2D eigenvalue weighted by atomic mass is 32.2. The lowest BCUT2D eigenvalue weighted by atomic mass is 10.1.